The normalized spacial score (nSPS) is 32.1. The number of nitrogens with two attached hydrogens (primary N) is 1. The van der Waals surface area contributed by atoms with Crippen LogP contribution in [0, 0.1) is 17.3 Å². The van der Waals surface area contributed by atoms with Crippen molar-refractivity contribution >= 4 is 5.91 Å². The second-order valence-corrected chi connectivity index (χ2v) is 5.92. The molecule has 2 atom stereocenters. The first-order chi connectivity index (χ1) is 7.64. The van der Waals surface area contributed by atoms with Crippen molar-refractivity contribution in [3.05, 3.63) is 0 Å². The third-order valence-corrected chi connectivity index (χ3v) is 4.55. The van der Waals surface area contributed by atoms with E-state index in [2.05, 4.69) is 12.2 Å². The molecule has 92 valence electrons. The van der Waals surface area contributed by atoms with Gasteiger partial charge in [-0.1, -0.05) is 19.8 Å². The van der Waals surface area contributed by atoms with Crippen molar-refractivity contribution in [1.82, 2.24) is 5.32 Å². The van der Waals surface area contributed by atoms with E-state index in [1.54, 1.807) is 0 Å². The summed E-state index contributed by atoms with van der Waals surface area (Å²) in [5.74, 6) is 0.865. The van der Waals surface area contributed by atoms with Crippen LogP contribution in [0.25, 0.3) is 0 Å². The van der Waals surface area contributed by atoms with E-state index in [0.717, 1.165) is 25.8 Å². The molecule has 0 saturated heterocycles. The second-order valence-electron chi connectivity index (χ2n) is 5.92. The van der Waals surface area contributed by atoms with E-state index in [0.29, 0.717) is 17.9 Å². The van der Waals surface area contributed by atoms with Crippen molar-refractivity contribution in [3.8, 4) is 0 Å². The summed E-state index contributed by atoms with van der Waals surface area (Å²) < 4.78 is 0. The Bertz CT molecular complexity index is 261. The van der Waals surface area contributed by atoms with Crippen LogP contribution in [-0.4, -0.2) is 19.0 Å². The van der Waals surface area contributed by atoms with Crippen LogP contribution in [0.1, 0.15) is 45.4 Å². The molecular formula is C13H24N2O. The summed E-state index contributed by atoms with van der Waals surface area (Å²) in [6, 6.07) is 0. The monoisotopic (exact) mass is 224 g/mol. The summed E-state index contributed by atoms with van der Waals surface area (Å²) >= 11 is 0. The van der Waals surface area contributed by atoms with Crippen LogP contribution in [0.4, 0.5) is 0 Å². The number of amides is 1. The lowest BCUT2D eigenvalue weighted by Gasteiger charge is -2.38. The van der Waals surface area contributed by atoms with E-state index < -0.39 is 0 Å². The van der Waals surface area contributed by atoms with Gasteiger partial charge in [-0.05, 0) is 43.6 Å². The lowest BCUT2D eigenvalue weighted by molar-refractivity contribution is -0.126. The van der Waals surface area contributed by atoms with Crippen molar-refractivity contribution in [1.29, 1.82) is 0 Å². The fourth-order valence-corrected chi connectivity index (χ4v) is 3.05. The maximum Gasteiger partial charge on any atom is 0.223 e. The minimum atomic E-state index is 0.189. The van der Waals surface area contributed by atoms with Crippen molar-refractivity contribution in [2.45, 2.75) is 45.4 Å². The van der Waals surface area contributed by atoms with E-state index in [9.17, 15) is 4.79 Å². The van der Waals surface area contributed by atoms with Crippen LogP contribution in [0.5, 0.6) is 0 Å². The lowest BCUT2D eigenvalue weighted by Crippen LogP contribution is -2.43. The molecule has 2 aliphatic rings. The number of carbonyl (C=O) groups is 1. The van der Waals surface area contributed by atoms with Gasteiger partial charge < -0.3 is 11.1 Å². The van der Waals surface area contributed by atoms with Gasteiger partial charge in [0.2, 0.25) is 5.91 Å². The van der Waals surface area contributed by atoms with Crippen molar-refractivity contribution in [2.75, 3.05) is 13.1 Å². The Kier molecular flexibility index (Phi) is 3.53. The quantitative estimate of drug-likeness (QED) is 0.763. The smallest absolute Gasteiger partial charge is 0.223 e. The summed E-state index contributed by atoms with van der Waals surface area (Å²) in [5.41, 5.74) is 6.08. The Morgan fingerprint density at radius 3 is 2.69 bits per heavy atom. The van der Waals surface area contributed by atoms with Gasteiger partial charge in [-0.2, -0.15) is 0 Å². The van der Waals surface area contributed by atoms with E-state index in [-0.39, 0.29) is 11.8 Å². The molecule has 0 spiro atoms. The van der Waals surface area contributed by atoms with Gasteiger partial charge in [-0.15, -0.1) is 0 Å². The highest BCUT2D eigenvalue weighted by atomic mass is 16.1. The van der Waals surface area contributed by atoms with Gasteiger partial charge in [0.05, 0.1) is 0 Å². The second kappa shape index (κ2) is 4.74. The standard InChI is InChI=1S/C13H24N2O/c1-13(6-3-7-13)9-15-12(16)11-5-2-4-10(11)8-14/h10-11H,2-9,14H2,1H3,(H,15,16). The number of hydrogen-bond donors (Lipinski definition) is 2. The summed E-state index contributed by atoms with van der Waals surface area (Å²) in [6.07, 6.45) is 7.17. The molecule has 3 nitrogen and oxygen atoms in total. The zero-order valence-electron chi connectivity index (χ0n) is 10.3. The molecule has 0 aromatic rings. The number of rotatable bonds is 4. The molecular weight excluding hydrogens is 200 g/mol. The molecule has 0 heterocycles. The van der Waals surface area contributed by atoms with Crippen molar-refractivity contribution < 1.29 is 4.79 Å². The molecule has 3 N–H and O–H groups in total. The molecule has 0 bridgehead atoms. The fourth-order valence-electron chi connectivity index (χ4n) is 3.05. The fraction of sp³-hybridized carbons (Fsp3) is 0.923. The van der Waals surface area contributed by atoms with Crippen LogP contribution in [0.2, 0.25) is 0 Å². The minimum absolute atomic E-state index is 0.189. The predicted molar refractivity (Wildman–Crippen MR) is 64.9 cm³/mol. The molecule has 1 amide bonds. The first-order valence-corrected chi connectivity index (χ1v) is 6.62. The van der Waals surface area contributed by atoms with Gasteiger partial charge in [0.1, 0.15) is 0 Å². The van der Waals surface area contributed by atoms with Gasteiger partial charge in [0.15, 0.2) is 0 Å². The summed E-state index contributed by atoms with van der Waals surface area (Å²) in [4.78, 5) is 12.0. The van der Waals surface area contributed by atoms with Gasteiger partial charge in [0, 0.05) is 12.5 Å². The maximum atomic E-state index is 12.0. The molecule has 3 heteroatoms. The van der Waals surface area contributed by atoms with Crippen LogP contribution in [0.3, 0.4) is 0 Å². The Balaban J connectivity index is 1.78. The molecule has 2 aliphatic carbocycles. The number of hydrogen-bond acceptors (Lipinski definition) is 2. The molecule has 0 aromatic heterocycles. The Morgan fingerprint density at radius 2 is 2.12 bits per heavy atom. The zero-order valence-corrected chi connectivity index (χ0v) is 10.3. The SMILES string of the molecule is CC1(CNC(=O)C2CCCC2CN)CCC1. The van der Waals surface area contributed by atoms with Gasteiger partial charge >= 0.3 is 0 Å². The van der Waals surface area contributed by atoms with Gasteiger partial charge in [-0.25, -0.2) is 0 Å². The highest BCUT2D eigenvalue weighted by Crippen LogP contribution is 2.39. The van der Waals surface area contributed by atoms with E-state index in [4.69, 9.17) is 5.73 Å². The Hall–Kier alpha value is -0.570. The van der Waals surface area contributed by atoms with Gasteiger partial charge in [-0.3, -0.25) is 4.79 Å². The topological polar surface area (TPSA) is 55.1 Å². The third kappa shape index (κ3) is 2.40. The number of carbonyl (C=O) groups excluding carboxylic acids is 1. The predicted octanol–water partition coefficient (Wildman–Crippen LogP) is 1.67. The first-order valence-electron chi connectivity index (χ1n) is 6.62. The molecule has 0 aromatic carbocycles. The van der Waals surface area contributed by atoms with Crippen LogP contribution < -0.4 is 11.1 Å². The number of nitrogens with one attached hydrogen (secondary N) is 1. The highest BCUT2D eigenvalue weighted by Gasteiger charge is 2.35. The van der Waals surface area contributed by atoms with Crippen LogP contribution >= 0.6 is 0 Å². The van der Waals surface area contributed by atoms with Gasteiger partial charge in [0.25, 0.3) is 0 Å². The zero-order chi connectivity index (χ0) is 11.6. The molecule has 0 radical (unpaired) electrons. The van der Waals surface area contributed by atoms with Crippen LogP contribution in [0.15, 0.2) is 0 Å². The molecule has 2 rings (SSSR count). The summed E-state index contributed by atoms with van der Waals surface area (Å²) in [5, 5.41) is 3.14. The average Bonchev–Trinajstić information content (AvgIpc) is 2.71. The minimum Gasteiger partial charge on any atom is -0.355 e. The molecule has 0 aliphatic heterocycles. The maximum absolute atomic E-state index is 12.0. The highest BCUT2D eigenvalue weighted by molar-refractivity contribution is 5.79. The summed E-state index contributed by atoms with van der Waals surface area (Å²) in [6.45, 7) is 3.79. The summed E-state index contributed by atoms with van der Waals surface area (Å²) in [7, 11) is 0. The first kappa shape index (κ1) is 11.9. The Labute approximate surface area is 98.2 Å². The Morgan fingerprint density at radius 1 is 1.38 bits per heavy atom. The largest absolute Gasteiger partial charge is 0.355 e. The van der Waals surface area contributed by atoms with Crippen molar-refractivity contribution in [2.24, 2.45) is 23.0 Å². The average molecular weight is 224 g/mol. The van der Waals surface area contributed by atoms with Crippen molar-refractivity contribution in [3.63, 3.8) is 0 Å². The molecule has 2 saturated carbocycles. The van der Waals surface area contributed by atoms with Crippen LogP contribution in [-0.2, 0) is 4.79 Å². The third-order valence-electron chi connectivity index (χ3n) is 4.55. The molecule has 2 fully saturated rings. The lowest BCUT2D eigenvalue weighted by atomic mass is 9.70. The van der Waals surface area contributed by atoms with E-state index in [1.807, 2.05) is 0 Å². The molecule has 2 unspecified atom stereocenters. The molecule has 16 heavy (non-hydrogen) atoms. The van der Waals surface area contributed by atoms with E-state index in [1.165, 1.54) is 19.3 Å². The van der Waals surface area contributed by atoms with E-state index >= 15 is 0 Å².